The lowest BCUT2D eigenvalue weighted by Gasteiger charge is -2.31. The Kier molecular flexibility index (Phi) is 6.78. The van der Waals surface area contributed by atoms with E-state index in [-0.39, 0.29) is 12.1 Å². The molecule has 0 bridgehead atoms. The summed E-state index contributed by atoms with van der Waals surface area (Å²) >= 11 is 5.57. The molecule has 3 rings (SSSR count). The Labute approximate surface area is 161 Å². The highest BCUT2D eigenvalue weighted by molar-refractivity contribution is 7.80. The van der Waals surface area contributed by atoms with Gasteiger partial charge < -0.3 is 10.6 Å². The van der Waals surface area contributed by atoms with Crippen LogP contribution in [0.25, 0.3) is 0 Å². The van der Waals surface area contributed by atoms with Crippen LogP contribution in [0.4, 0.5) is 0 Å². The molecule has 0 radical (unpaired) electrons. The van der Waals surface area contributed by atoms with Crippen molar-refractivity contribution in [2.24, 2.45) is 4.99 Å². The first-order chi connectivity index (χ1) is 12.7. The molecule has 3 nitrogen and oxygen atoms in total. The molecule has 2 N–H and O–H groups in total. The van der Waals surface area contributed by atoms with Crippen molar-refractivity contribution in [1.82, 2.24) is 10.6 Å². The lowest BCUT2D eigenvalue weighted by Crippen LogP contribution is -2.48. The minimum atomic E-state index is 0.186. The first-order valence-corrected chi connectivity index (χ1v) is 9.83. The highest BCUT2D eigenvalue weighted by Gasteiger charge is 2.25. The fraction of sp³-hybridized carbons (Fsp3) is 0.364. The third-order valence-corrected chi connectivity index (χ3v) is 5.14. The van der Waals surface area contributed by atoms with Gasteiger partial charge in [-0.05, 0) is 43.1 Å². The van der Waals surface area contributed by atoms with Gasteiger partial charge in [-0.15, -0.1) is 0 Å². The number of thiocarbonyl (C=S) groups is 1. The van der Waals surface area contributed by atoms with E-state index in [1.807, 2.05) is 30.5 Å². The van der Waals surface area contributed by atoms with Crippen LogP contribution in [-0.4, -0.2) is 23.4 Å². The summed E-state index contributed by atoms with van der Waals surface area (Å²) in [6.45, 7) is 2.13. The molecule has 0 heterocycles. The van der Waals surface area contributed by atoms with Gasteiger partial charge >= 0.3 is 0 Å². The Morgan fingerprint density at radius 2 is 1.69 bits per heavy atom. The van der Waals surface area contributed by atoms with Crippen LogP contribution in [-0.2, 0) is 0 Å². The van der Waals surface area contributed by atoms with Gasteiger partial charge in [-0.2, -0.15) is 0 Å². The predicted molar refractivity (Wildman–Crippen MR) is 114 cm³/mol. The SMILES string of the molecule is C[C@@H](NC(=S)N[C@H]1CCCC[C@@H]1N=Cc1ccccc1)c1ccccc1. The van der Waals surface area contributed by atoms with Crippen LogP contribution in [0.2, 0.25) is 0 Å². The molecule has 136 valence electrons. The highest BCUT2D eigenvalue weighted by Crippen LogP contribution is 2.21. The molecular formula is C22H27N3S. The minimum absolute atomic E-state index is 0.186. The van der Waals surface area contributed by atoms with Crippen LogP contribution < -0.4 is 10.6 Å². The summed E-state index contributed by atoms with van der Waals surface area (Å²) in [6.07, 6.45) is 6.67. The van der Waals surface area contributed by atoms with Crippen LogP contribution in [0.1, 0.15) is 49.8 Å². The first-order valence-electron chi connectivity index (χ1n) is 9.42. The molecule has 0 aromatic heterocycles. The number of rotatable bonds is 5. The van der Waals surface area contributed by atoms with E-state index in [2.05, 4.69) is 54.0 Å². The van der Waals surface area contributed by atoms with E-state index in [1.54, 1.807) is 0 Å². The molecule has 2 aromatic rings. The molecule has 0 spiro atoms. The maximum atomic E-state index is 5.57. The van der Waals surface area contributed by atoms with Gasteiger partial charge in [0.15, 0.2) is 5.11 Å². The van der Waals surface area contributed by atoms with E-state index in [4.69, 9.17) is 17.2 Å². The zero-order chi connectivity index (χ0) is 18.2. The molecule has 1 saturated carbocycles. The third kappa shape index (κ3) is 5.40. The zero-order valence-electron chi connectivity index (χ0n) is 15.3. The molecule has 2 aromatic carbocycles. The summed E-state index contributed by atoms with van der Waals surface area (Å²) in [5.41, 5.74) is 2.38. The molecule has 0 amide bonds. The average molecular weight is 366 g/mol. The molecule has 0 unspecified atom stereocenters. The lowest BCUT2D eigenvalue weighted by molar-refractivity contribution is 0.361. The van der Waals surface area contributed by atoms with Crippen LogP contribution in [0.15, 0.2) is 65.7 Å². The Balaban J connectivity index is 1.57. The fourth-order valence-electron chi connectivity index (χ4n) is 3.41. The Morgan fingerprint density at radius 1 is 1.04 bits per heavy atom. The van der Waals surface area contributed by atoms with Crippen molar-refractivity contribution >= 4 is 23.5 Å². The monoisotopic (exact) mass is 365 g/mol. The number of nitrogens with zero attached hydrogens (tertiary/aromatic N) is 1. The highest BCUT2D eigenvalue weighted by atomic mass is 32.1. The van der Waals surface area contributed by atoms with Crippen LogP contribution in [0, 0.1) is 0 Å². The molecular weight excluding hydrogens is 338 g/mol. The second-order valence-corrected chi connectivity index (χ2v) is 7.31. The summed E-state index contributed by atoms with van der Waals surface area (Å²) in [5.74, 6) is 0. The molecule has 0 aliphatic heterocycles. The minimum Gasteiger partial charge on any atom is -0.358 e. The number of hydrogen-bond acceptors (Lipinski definition) is 2. The quantitative estimate of drug-likeness (QED) is 0.598. The summed E-state index contributed by atoms with van der Waals surface area (Å²) in [7, 11) is 0. The van der Waals surface area contributed by atoms with Gasteiger partial charge in [-0.25, -0.2) is 0 Å². The van der Waals surface area contributed by atoms with Gasteiger partial charge in [0, 0.05) is 6.21 Å². The van der Waals surface area contributed by atoms with Gasteiger partial charge in [-0.3, -0.25) is 4.99 Å². The van der Waals surface area contributed by atoms with Crippen molar-refractivity contribution in [1.29, 1.82) is 0 Å². The third-order valence-electron chi connectivity index (χ3n) is 4.91. The Morgan fingerprint density at radius 3 is 2.42 bits per heavy atom. The number of aliphatic imine (C=N–C) groups is 1. The van der Waals surface area contributed by atoms with Gasteiger partial charge in [0.2, 0.25) is 0 Å². The van der Waals surface area contributed by atoms with Crippen molar-refractivity contribution < 1.29 is 0 Å². The number of benzene rings is 2. The molecule has 1 fully saturated rings. The summed E-state index contributed by atoms with van der Waals surface area (Å²) < 4.78 is 0. The molecule has 3 atom stereocenters. The average Bonchev–Trinajstić information content (AvgIpc) is 2.68. The van der Waals surface area contributed by atoms with Crippen molar-refractivity contribution in [3.05, 3.63) is 71.8 Å². The van der Waals surface area contributed by atoms with Gasteiger partial charge in [0.05, 0.1) is 18.1 Å². The van der Waals surface area contributed by atoms with E-state index in [0.29, 0.717) is 11.2 Å². The fourth-order valence-corrected chi connectivity index (χ4v) is 3.74. The zero-order valence-corrected chi connectivity index (χ0v) is 16.1. The largest absolute Gasteiger partial charge is 0.358 e. The standard InChI is InChI=1S/C22H27N3S/c1-17(19-12-6-3-7-13-19)24-22(26)25-21-15-9-8-14-20(21)23-16-18-10-4-2-5-11-18/h2-7,10-13,16-17,20-21H,8-9,14-15H2,1H3,(H2,24,25,26)/t17-,20+,21+/m1/s1. The second-order valence-electron chi connectivity index (χ2n) is 6.90. The topological polar surface area (TPSA) is 36.4 Å². The van der Waals surface area contributed by atoms with Crippen molar-refractivity contribution in [2.45, 2.75) is 50.7 Å². The molecule has 26 heavy (non-hydrogen) atoms. The maximum Gasteiger partial charge on any atom is 0.167 e. The predicted octanol–water partition coefficient (Wildman–Crippen LogP) is 4.64. The van der Waals surface area contributed by atoms with Gasteiger partial charge in [-0.1, -0.05) is 73.5 Å². The summed E-state index contributed by atoms with van der Waals surface area (Å²) in [4.78, 5) is 4.85. The molecule has 4 heteroatoms. The Bertz CT molecular complexity index is 715. The normalized spacial score (nSPS) is 21.3. The first kappa shape index (κ1) is 18.6. The van der Waals surface area contributed by atoms with E-state index < -0.39 is 0 Å². The molecule has 1 aliphatic rings. The van der Waals surface area contributed by atoms with E-state index in [9.17, 15) is 0 Å². The maximum absolute atomic E-state index is 5.57. The second kappa shape index (κ2) is 9.48. The van der Waals surface area contributed by atoms with E-state index >= 15 is 0 Å². The van der Waals surface area contributed by atoms with Crippen LogP contribution in [0.5, 0.6) is 0 Å². The van der Waals surface area contributed by atoms with Crippen LogP contribution in [0.3, 0.4) is 0 Å². The molecule has 0 saturated heterocycles. The van der Waals surface area contributed by atoms with E-state index in [0.717, 1.165) is 18.4 Å². The summed E-state index contributed by atoms with van der Waals surface area (Å²) in [6, 6.07) is 21.4. The Hall–Kier alpha value is -2.20. The lowest BCUT2D eigenvalue weighted by atomic mass is 9.91. The van der Waals surface area contributed by atoms with Gasteiger partial charge in [0.1, 0.15) is 0 Å². The van der Waals surface area contributed by atoms with Crippen LogP contribution >= 0.6 is 12.2 Å². The van der Waals surface area contributed by atoms with Crippen molar-refractivity contribution in [2.75, 3.05) is 0 Å². The van der Waals surface area contributed by atoms with Crippen molar-refractivity contribution in [3.8, 4) is 0 Å². The number of nitrogens with one attached hydrogen (secondary N) is 2. The summed E-state index contributed by atoms with van der Waals surface area (Å²) in [5, 5.41) is 7.63. The van der Waals surface area contributed by atoms with Crippen molar-refractivity contribution in [3.63, 3.8) is 0 Å². The van der Waals surface area contributed by atoms with Gasteiger partial charge in [0.25, 0.3) is 0 Å². The number of hydrogen-bond donors (Lipinski definition) is 2. The smallest absolute Gasteiger partial charge is 0.167 e. The van der Waals surface area contributed by atoms with E-state index in [1.165, 1.54) is 18.4 Å². The molecule has 1 aliphatic carbocycles.